The van der Waals surface area contributed by atoms with Gasteiger partial charge in [-0.1, -0.05) is 30.9 Å². The summed E-state index contributed by atoms with van der Waals surface area (Å²) in [5, 5.41) is 3.79. The Morgan fingerprint density at radius 3 is 2.69 bits per heavy atom. The van der Waals surface area contributed by atoms with Crippen LogP contribution in [0, 0.1) is 6.92 Å². The van der Waals surface area contributed by atoms with Crippen molar-refractivity contribution in [2.24, 2.45) is 0 Å². The highest BCUT2D eigenvalue weighted by atomic mass is 16.5. The quantitative estimate of drug-likeness (QED) is 0.833. The largest absolute Gasteiger partial charge is 0.483 e. The smallest absolute Gasteiger partial charge is 0.356 e. The molecule has 1 heterocycles. The molecule has 2 aromatic rings. The van der Waals surface area contributed by atoms with Crippen LogP contribution in [0.25, 0.3) is 10.9 Å². The minimum Gasteiger partial charge on any atom is -0.483 e. The summed E-state index contributed by atoms with van der Waals surface area (Å²) in [5.41, 5.74) is 1.83. The molecule has 0 atom stereocenters. The molecular weight excluding hydrogens is 332 g/mol. The molecule has 6 heteroatoms. The lowest BCUT2D eigenvalue weighted by Gasteiger charge is -2.22. The van der Waals surface area contributed by atoms with Gasteiger partial charge >= 0.3 is 5.97 Å². The number of fused-ring (bicyclic) bond motifs is 1. The Kier molecular flexibility index (Phi) is 5.71. The maximum absolute atomic E-state index is 12.2. The number of amides is 1. The van der Waals surface area contributed by atoms with Gasteiger partial charge in [-0.2, -0.15) is 0 Å². The third-order valence-electron chi connectivity index (χ3n) is 4.65. The molecule has 1 aromatic carbocycles. The van der Waals surface area contributed by atoms with Crippen LogP contribution in [0.2, 0.25) is 0 Å². The van der Waals surface area contributed by atoms with Crippen LogP contribution >= 0.6 is 0 Å². The van der Waals surface area contributed by atoms with Crippen molar-refractivity contribution < 1.29 is 19.1 Å². The molecular formula is C20H24N2O4. The summed E-state index contributed by atoms with van der Waals surface area (Å²) in [7, 11) is 1.31. The molecule has 1 N–H and O–H groups in total. The van der Waals surface area contributed by atoms with E-state index in [2.05, 4.69) is 10.3 Å². The van der Waals surface area contributed by atoms with Crippen LogP contribution in [0.4, 0.5) is 0 Å². The number of methoxy groups -OCH3 is 1. The van der Waals surface area contributed by atoms with E-state index in [9.17, 15) is 9.59 Å². The highest BCUT2D eigenvalue weighted by Gasteiger charge is 2.17. The van der Waals surface area contributed by atoms with Gasteiger partial charge < -0.3 is 14.8 Å². The van der Waals surface area contributed by atoms with Crippen molar-refractivity contribution in [1.29, 1.82) is 0 Å². The molecule has 0 saturated heterocycles. The second-order valence-electron chi connectivity index (χ2n) is 6.71. The summed E-state index contributed by atoms with van der Waals surface area (Å²) >= 11 is 0. The number of carbonyl (C=O) groups is 2. The maximum atomic E-state index is 12.2. The predicted octanol–water partition coefficient (Wildman–Crippen LogP) is 3.16. The van der Waals surface area contributed by atoms with E-state index in [1.807, 2.05) is 25.1 Å². The number of nitrogens with zero attached hydrogens (tertiary/aromatic N) is 1. The lowest BCUT2D eigenvalue weighted by Crippen LogP contribution is -2.39. The van der Waals surface area contributed by atoms with Gasteiger partial charge in [-0.25, -0.2) is 9.78 Å². The number of aromatic nitrogens is 1. The second-order valence-corrected chi connectivity index (χ2v) is 6.71. The van der Waals surface area contributed by atoms with Crippen molar-refractivity contribution in [3.05, 3.63) is 35.5 Å². The van der Waals surface area contributed by atoms with Gasteiger partial charge in [0.25, 0.3) is 5.91 Å². The third kappa shape index (κ3) is 4.31. The Balaban J connectivity index is 1.77. The standard InChI is InChI=1S/C20H24N2O4/c1-13-8-9-16-15(10-13)18(11-17(22-16)20(24)25-2)26-12-19(23)21-14-6-4-3-5-7-14/h8-11,14H,3-7,12H2,1-2H3,(H,21,23). The van der Waals surface area contributed by atoms with Gasteiger partial charge in [0.1, 0.15) is 5.75 Å². The van der Waals surface area contributed by atoms with Crippen molar-refractivity contribution in [3.8, 4) is 5.75 Å². The summed E-state index contributed by atoms with van der Waals surface area (Å²) in [4.78, 5) is 28.4. The van der Waals surface area contributed by atoms with Crippen LogP contribution in [0.3, 0.4) is 0 Å². The van der Waals surface area contributed by atoms with Gasteiger partial charge in [-0.3, -0.25) is 4.79 Å². The normalized spacial score (nSPS) is 14.8. The van der Waals surface area contributed by atoms with E-state index in [1.54, 1.807) is 0 Å². The molecule has 138 valence electrons. The van der Waals surface area contributed by atoms with Crippen LogP contribution in [0.15, 0.2) is 24.3 Å². The lowest BCUT2D eigenvalue weighted by atomic mass is 9.95. The molecule has 1 aromatic heterocycles. The Hall–Kier alpha value is -2.63. The number of pyridine rings is 1. The fourth-order valence-electron chi connectivity index (χ4n) is 3.30. The number of nitrogens with one attached hydrogen (secondary N) is 1. The van der Waals surface area contributed by atoms with Crippen molar-refractivity contribution in [3.63, 3.8) is 0 Å². The minimum atomic E-state index is -0.538. The Labute approximate surface area is 152 Å². The number of aryl methyl sites for hydroxylation is 1. The van der Waals surface area contributed by atoms with E-state index in [4.69, 9.17) is 9.47 Å². The van der Waals surface area contributed by atoms with Gasteiger partial charge in [0, 0.05) is 17.5 Å². The van der Waals surface area contributed by atoms with Gasteiger partial charge in [0.05, 0.1) is 12.6 Å². The molecule has 1 aliphatic carbocycles. The van der Waals surface area contributed by atoms with E-state index < -0.39 is 5.97 Å². The fourth-order valence-corrected chi connectivity index (χ4v) is 3.30. The Bertz CT molecular complexity index is 813. The molecule has 0 aliphatic heterocycles. The molecule has 3 rings (SSSR count). The van der Waals surface area contributed by atoms with Gasteiger partial charge in [-0.05, 0) is 31.9 Å². The predicted molar refractivity (Wildman–Crippen MR) is 98.3 cm³/mol. The monoisotopic (exact) mass is 356 g/mol. The number of carbonyl (C=O) groups excluding carboxylic acids is 2. The van der Waals surface area contributed by atoms with Crippen LogP contribution in [0.1, 0.15) is 48.2 Å². The molecule has 1 amide bonds. The first-order valence-electron chi connectivity index (χ1n) is 8.98. The number of hydrogen-bond acceptors (Lipinski definition) is 5. The summed E-state index contributed by atoms with van der Waals surface area (Å²) in [6.07, 6.45) is 5.60. The molecule has 0 spiro atoms. The second kappa shape index (κ2) is 8.17. The van der Waals surface area contributed by atoms with Gasteiger partial charge in [0.15, 0.2) is 12.3 Å². The lowest BCUT2D eigenvalue weighted by molar-refractivity contribution is -0.124. The summed E-state index contributed by atoms with van der Waals surface area (Å²) in [6, 6.07) is 7.43. The van der Waals surface area contributed by atoms with Crippen molar-refractivity contribution >= 4 is 22.8 Å². The molecule has 1 saturated carbocycles. The van der Waals surface area contributed by atoms with Gasteiger partial charge in [-0.15, -0.1) is 0 Å². The summed E-state index contributed by atoms with van der Waals surface area (Å²) in [6.45, 7) is 1.87. The SMILES string of the molecule is COC(=O)c1cc(OCC(=O)NC2CCCCC2)c2cc(C)ccc2n1. The van der Waals surface area contributed by atoms with Crippen molar-refractivity contribution in [2.45, 2.75) is 45.1 Å². The topological polar surface area (TPSA) is 77.5 Å². The summed E-state index contributed by atoms with van der Waals surface area (Å²) < 4.78 is 10.5. The first-order chi connectivity index (χ1) is 12.6. The highest BCUT2D eigenvalue weighted by Crippen LogP contribution is 2.27. The van der Waals surface area contributed by atoms with Crippen LogP contribution in [-0.4, -0.2) is 36.6 Å². The Morgan fingerprint density at radius 1 is 1.19 bits per heavy atom. The Morgan fingerprint density at radius 2 is 1.96 bits per heavy atom. The zero-order valence-electron chi connectivity index (χ0n) is 15.2. The zero-order valence-corrected chi connectivity index (χ0v) is 15.2. The number of ether oxygens (including phenoxy) is 2. The summed E-state index contributed by atoms with van der Waals surface area (Å²) in [5.74, 6) is -0.226. The molecule has 1 aliphatic rings. The van der Waals surface area contributed by atoms with Gasteiger partial charge in [0.2, 0.25) is 0 Å². The average Bonchev–Trinajstić information content (AvgIpc) is 2.66. The van der Waals surface area contributed by atoms with E-state index in [-0.39, 0.29) is 24.2 Å². The first kappa shape index (κ1) is 18.2. The molecule has 1 fully saturated rings. The molecule has 0 radical (unpaired) electrons. The number of rotatable bonds is 5. The maximum Gasteiger partial charge on any atom is 0.356 e. The highest BCUT2D eigenvalue weighted by molar-refractivity contribution is 5.94. The third-order valence-corrected chi connectivity index (χ3v) is 4.65. The fraction of sp³-hybridized carbons (Fsp3) is 0.450. The molecule has 0 bridgehead atoms. The molecule has 0 unspecified atom stereocenters. The number of benzene rings is 1. The first-order valence-corrected chi connectivity index (χ1v) is 8.98. The van der Waals surface area contributed by atoms with Crippen LogP contribution < -0.4 is 10.1 Å². The van der Waals surface area contributed by atoms with Crippen LogP contribution in [0.5, 0.6) is 5.75 Å². The molecule has 26 heavy (non-hydrogen) atoms. The number of esters is 1. The van der Waals surface area contributed by atoms with Crippen molar-refractivity contribution in [2.75, 3.05) is 13.7 Å². The molecule has 6 nitrogen and oxygen atoms in total. The van der Waals surface area contributed by atoms with E-state index in [0.29, 0.717) is 11.3 Å². The number of hydrogen-bond donors (Lipinski definition) is 1. The minimum absolute atomic E-state index is 0.0931. The van der Waals surface area contributed by atoms with Crippen LogP contribution in [-0.2, 0) is 9.53 Å². The van der Waals surface area contributed by atoms with E-state index in [1.165, 1.54) is 19.6 Å². The van der Waals surface area contributed by atoms with Crippen molar-refractivity contribution in [1.82, 2.24) is 10.3 Å². The van der Waals surface area contributed by atoms with E-state index >= 15 is 0 Å². The van der Waals surface area contributed by atoms with E-state index in [0.717, 1.165) is 36.6 Å². The zero-order chi connectivity index (χ0) is 18.5. The average molecular weight is 356 g/mol.